The summed E-state index contributed by atoms with van der Waals surface area (Å²) >= 11 is 0. The fraction of sp³-hybridized carbons (Fsp3) is 0.273. The van der Waals surface area contributed by atoms with Gasteiger partial charge in [-0.15, -0.1) is 0 Å². The molecule has 1 N–H and O–H groups in total. The molecule has 0 spiro atoms. The van der Waals surface area contributed by atoms with Gasteiger partial charge < -0.3 is 27.5 Å². The Kier molecular flexibility index (Phi) is 11.8. The third kappa shape index (κ3) is 8.32. The third-order valence-corrected chi connectivity index (χ3v) is 11.0. The lowest BCUT2D eigenvalue weighted by atomic mass is 9.83. The van der Waals surface area contributed by atoms with E-state index in [1.807, 2.05) is 89.2 Å². The summed E-state index contributed by atoms with van der Waals surface area (Å²) < 4.78 is 31.7. The predicted octanol–water partition coefficient (Wildman–Crippen LogP) is 12.2. The second-order valence-corrected chi connectivity index (χ2v) is 16.4. The topological polar surface area (TPSA) is 101 Å². The number of benzene rings is 5. The number of aryl methyl sites for hydroxylation is 3. The number of hydrogen-bond donors (Lipinski definition) is 1. The summed E-state index contributed by atoms with van der Waals surface area (Å²) in [6.45, 7) is 18.3. The van der Waals surface area contributed by atoms with Gasteiger partial charge in [0.1, 0.15) is 28.7 Å². The van der Waals surface area contributed by atoms with E-state index in [9.17, 15) is 14.5 Å². The van der Waals surface area contributed by atoms with Crippen molar-refractivity contribution in [3.05, 3.63) is 147 Å². The minimum absolute atomic E-state index is 0.0113. The van der Waals surface area contributed by atoms with Crippen LogP contribution in [0.3, 0.4) is 0 Å². The van der Waals surface area contributed by atoms with Gasteiger partial charge in [0.25, 0.3) is 0 Å². The van der Waals surface area contributed by atoms with Crippen LogP contribution in [-0.2, 0) is 0 Å². The van der Waals surface area contributed by atoms with Crippen molar-refractivity contribution in [1.29, 1.82) is 0 Å². The number of ketones is 2. The van der Waals surface area contributed by atoms with Gasteiger partial charge in [-0.05, 0) is 102 Å². The molecule has 10 heteroatoms. The van der Waals surface area contributed by atoms with Crippen LogP contribution in [0.5, 0.6) is 28.7 Å². The highest BCUT2D eigenvalue weighted by Crippen LogP contribution is 2.49. The lowest BCUT2D eigenvalue weighted by Gasteiger charge is -2.25. The average molecular weight is 765 g/mol. The molecule has 8 nitrogen and oxygen atoms in total. The standard InChI is InChI=1S/C44H46O8P2/c1-25(2)31-19-16-28(7)22-38(31)49-53(47)48-36-14-10-12-34-41(36)44(46)42-35(43(34)45)13-11-15-37(42)50-54(51-39-23-29(8)17-20-32(39)26(3)4)52-40-24-30(9)18-21-33(40)27(5)6/h10-27,47H,1-9H3. The summed E-state index contributed by atoms with van der Waals surface area (Å²) in [7, 11) is -4.76. The summed E-state index contributed by atoms with van der Waals surface area (Å²) in [5.41, 5.74) is 6.20. The number of carbonyl (C=O) groups excluding carboxylic acids is 2. The van der Waals surface area contributed by atoms with E-state index in [1.54, 1.807) is 36.4 Å². The molecule has 5 aromatic rings. The minimum atomic E-state index is -2.54. The highest BCUT2D eigenvalue weighted by atomic mass is 31.2. The molecule has 280 valence electrons. The summed E-state index contributed by atoms with van der Waals surface area (Å²) in [6, 6.07) is 27.4. The SMILES string of the molecule is Cc1ccc(C(C)C)c(OP(O)Oc2cccc3c2C(=O)c2c(OP(Oc4cc(C)ccc4C(C)C)Oc4cc(C)ccc4C(C)C)cccc2C3=O)c1. The lowest BCUT2D eigenvalue weighted by Crippen LogP contribution is -2.22. The van der Waals surface area contributed by atoms with E-state index < -0.39 is 23.0 Å². The third-order valence-electron chi connectivity index (χ3n) is 9.24. The van der Waals surface area contributed by atoms with E-state index in [2.05, 4.69) is 27.7 Å². The molecule has 0 amide bonds. The first kappa shape index (κ1) is 39.0. The molecule has 1 aliphatic carbocycles. The van der Waals surface area contributed by atoms with Crippen LogP contribution < -0.4 is 22.6 Å². The maximum atomic E-state index is 14.6. The van der Waals surface area contributed by atoms with Crippen LogP contribution in [0.2, 0.25) is 0 Å². The van der Waals surface area contributed by atoms with Crippen molar-refractivity contribution in [3.63, 3.8) is 0 Å². The molecule has 6 rings (SSSR count). The van der Waals surface area contributed by atoms with E-state index in [0.717, 1.165) is 33.4 Å². The van der Waals surface area contributed by atoms with Crippen LogP contribution in [-0.4, -0.2) is 16.5 Å². The number of rotatable bonds is 13. The Bertz CT molecular complexity index is 2150. The highest BCUT2D eigenvalue weighted by molar-refractivity contribution is 7.43. The maximum absolute atomic E-state index is 14.6. The van der Waals surface area contributed by atoms with Crippen molar-refractivity contribution in [2.75, 3.05) is 0 Å². The van der Waals surface area contributed by atoms with E-state index in [0.29, 0.717) is 17.2 Å². The van der Waals surface area contributed by atoms with Crippen LogP contribution in [0, 0.1) is 20.8 Å². The van der Waals surface area contributed by atoms with Gasteiger partial charge in [0, 0.05) is 11.1 Å². The fourth-order valence-corrected chi connectivity index (χ4v) is 8.15. The Labute approximate surface area is 320 Å². The first-order chi connectivity index (χ1) is 25.7. The van der Waals surface area contributed by atoms with Crippen molar-refractivity contribution in [3.8, 4) is 28.7 Å². The molecule has 0 saturated carbocycles. The van der Waals surface area contributed by atoms with Gasteiger partial charge in [-0.25, -0.2) is 0 Å². The zero-order valence-electron chi connectivity index (χ0n) is 32.1. The molecule has 0 radical (unpaired) electrons. The van der Waals surface area contributed by atoms with E-state index >= 15 is 0 Å². The summed E-state index contributed by atoms with van der Waals surface area (Å²) in [4.78, 5) is 39.7. The molecule has 0 saturated heterocycles. The molecule has 0 fully saturated rings. The number of fused-ring (bicyclic) bond motifs is 2. The van der Waals surface area contributed by atoms with Crippen molar-refractivity contribution in [1.82, 2.24) is 0 Å². The van der Waals surface area contributed by atoms with Crippen molar-refractivity contribution in [2.45, 2.75) is 80.1 Å². The molecule has 0 bridgehead atoms. The summed E-state index contributed by atoms with van der Waals surface area (Å²) in [6.07, 6.45) is 0. The van der Waals surface area contributed by atoms with Crippen LogP contribution in [0.15, 0.2) is 91.0 Å². The number of hydrogen-bond acceptors (Lipinski definition) is 8. The summed E-state index contributed by atoms with van der Waals surface area (Å²) in [5.74, 6) is 1.38. The van der Waals surface area contributed by atoms with Crippen molar-refractivity contribution >= 4 is 28.8 Å². The largest absolute Gasteiger partial charge is 0.530 e. The normalized spacial score (nSPS) is 12.9. The van der Waals surface area contributed by atoms with E-state index in [1.165, 1.54) is 0 Å². The van der Waals surface area contributed by atoms with Gasteiger partial charge in [-0.3, -0.25) is 9.59 Å². The molecule has 1 atom stereocenters. The predicted molar refractivity (Wildman–Crippen MR) is 215 cm³/mol. The maximum Gasteiger partial charge on any atom is 0.530 e. The monoisotopic (exact) mass is 764 g/mol. The van der Waals surface area contributed by atoms with Gasteiger partial charge >= 0.3 is 17.2 Å². The molecule has 0 heterocycles. The highest BCUT2D eigenvalue weighted by Gasteiger charge is 2.37. The quantitative estimate of drug-likeness (QED) is 0.116. The minimum Gasteiger partial charge on any atom is -0.418 e. The molecular formula is C44H46O8P2. The van der Waals surface area contributed by atoms with Gasteiger partial charge in [-0.2, -0.15) is 0 Å². The van der Waals surface area contributed by atoms with Gasteiger partial charge in [0.05, 0.1) is 11.1 Å². The molecule has 5 aromatic carbocycles. The Hall–Kier alpha value is -4.74. The zero-order valence-corrected chi connectivity index (χ0v) is 33.9. The molecule has 54 heavy (non-hydrogen) atoms. The van der Waals surface area contributed by atoms with Crippen molar-refractivity contribution in [2.24, 2.45) is 0 Å². The Balaban J connectivity index is 1.38. The molecule has 0 aliphatic heterocycles. The van der Waals surface area contributed by atoms with E-state index in [-0.39, 0.29) is 57.3 Å². The van der Waals surface area contributed by atoms with Crippen molar-refractivity contribution < 1.29 is 37.1 Å². The molecular weight excluding hydrogens is 718 g/mol. The molecule has 0 aromatic heterocycles. The number of carbonyl (C=O) groups is 2. The lowest BCUT2D eigenvalue weighted by molar-refractivity contribution is 0.0975. The van der Waals surface area contributed by atoms with Gasteiger partial charge in [0.15, 0.2) is 5.78 Å². The van der Waals surface area contributed by atoms with Gasteiger partial charge in [-0.1, -0.05) is 102 Å². The fourth-order valence-electron chi connectivity index (χ4n) is 6.41. The molecule has 1 unspecified atom stereocenters. The summed E-state index contributed by atoms with van der Waals surface area (Å²) in [5, 5.41) is 0. The van der Waals surface area contributed by atoms with Crippen LogP contribution in [0.4, 0.5) is 0 Å². The smallest absolute Gasteiger partial charge is 0.418 e. The van der Waals surface area contributed by atoms with Gasteiger partial charge in [0.2, 0.25) is 5.78 Å². The molecule has 1 aliphatic rings. The first-order valence-electron chi connectivity index (χ1n) is 18.1. The Morgan fingerprint density at radius 1 is 0.463 bits per heavy atom. The Morgan fingerprint density at radius 2 is 0.815 bits per heavy atom. The zero-order chi connectivity index (χ0) is 38.8. The van der Waals surface area contributed by atoms with Crippen LogP contribution >= 0.6 is 17.2 Å². The van der Waals surface area contributed by atoms with E-state index in [4.69, 9.17) is 22.6 Å². The Morgan fingerprint density at radius 3 is 1.22 bits per heavy atom. The average Bonchev–Trinajstić information content (AvgIpc) is 3.10. The van der Waals surface area contributed by atoms with Crippen LogP contribution in [0.25, 0.3) is 0 Å². The second kappa shape index (κ2) is 16.3. The first-order valence-corrected chi connectivity index (χ1v) is 20.3. The van der Waals surface area contributed by atoms with Crippen LogP contribution in [0.1, 0.15) is 125 Å². The second-order valence-electron chi connectivity index (χ2n) is 14.5.